The molecule has 1 unspecified atom stereocenters. The number of benzene rings is 1. The number of hydrogen-bond donors (Lipinski definition) is 0. The van der Waals surface area contributed by atoms with Crippen molar-refractivity contribution in [2.24, 2.45) is 0 Å². The van der Waals surface area contributed by atoms with Crippen LogP contribution in [-0.4, -0.2) is 5.78 Å². The van der Waals surface area contributed by atoms with Gasteiger partial charge in [-0.1, -0.05) is 57.6 Å². The van der Waals surface area contributed by atoms with Crippen LogP contribution in [0.25, 0.3) is 0 Å². The molecule has 1 atom stereocenters. The summed E-state index contributed by atoms with van der Waals surface area (Å²) < 4.78 is 12.9. The molecule has 1 rings (SSSR count). The van der Waals surface area contributed by atoms with Crippen molar-refractivity contribution in [1.29, 1.82) is 5.26 Å². The quantitative estimate of drug-likeness (QED) is 0.559. The smallest absolute Gasteiger partial charge is 0.154 e. The van der Waals surface area contributed by atoms with Crippen molar-refractivity contribution >= 4 is 5.78 Å². The first-order chi connectivity index (χ1) is 10.2. The number of ketones is 1. The van der Waals surface area contributed by atoms with Crippen LogP contribution in [0.1, 0.15) is 69.8 Å². The minimum absolute atomic E-state index is 0.0577. The zero-order valence-electron chi connectivity index (χ0n) is 12.8. The first-order valence-corrected chi connectivity index (χ1v) is 7.86. The summed E-state index contributed by atoms with van der Waals surface area (Å²) >= 11 is 0. The number of unbranched alkanes of at least 4 members (excludes halogenated alkanes) is 6. The highest BCUT2D eigenvalue weighted by Gasteiger charge is 2.19. The fourth-order valence-corrected chi connectivity index (χ4v) is 2.39. The molecule has 0 radical (unpaired) electrons. The van der Waals surface area contributed by atoms with E-state index in [-0.39, 0.29) is 11.6 Å². The molecule has 0 N–H and O–H groups in total. The lowest BCUT2D eigenvalue weighted by molar-refractivity contribution is -0.119. The van der Waals surface area contributed by atoms with Crippen LogP contribution in [0.2, 0.25) is 0 Å². The standard InChI is InChI=1S/C18H24FNO/c1-2-3-4-5-6-7-8-9-18(21)17(14-20)15-10-12-16(19)13-11-15/h10-13,17H,2-9H2,1H3. The first-order valence-electron chi connectivity index (χ1n) is 7.86. The summed E-state index contributed by atoms with van der Waals surface area (Å²) in [7, 11) is 0. The molecule has 1 aromatic carbocycles. The number of carbonyl (C=O) groups is 1. The molecule has 0 aromatic heterocycles. The van der Waals surface area contributed by atoms with Crippen molar-refractivity contribution in [3.05, 3.63) is 35.6 Å². The molecule has 21 heavy (non-hydrogen) atoms. The van der Waals surface area contributed by atoms with Gasteiger partial charge >= 0.3 is 0 Å². The van der Waals surface area contributed by atoms with Gasteiger partial charge in [0, 0.05) is 6.42 Å². The highest BCUT2D eigenvalue weighted by molar-refractivity contribution is 5.88. The number of nitrogens with zero attached hydrogens (tertiary/aromatic N) is 1. The van der Waals surface area contributed by atoms with Gasteiger partial charge < -0.3 is 0 Å². The predicted molar refractivity (Wildman–Crippen MR) is 82.4 cm³/mol. The van der Waals surface area contributed by atoms with Crippen LogP contribution >= 0.6 is 0 Å². The molecule has 0 saturated carbocycles. The SMILES string of the molecule is CCCCCCCCCC(=O)C(C#N)c1ccc(F)cc1. The molecule has 1 aromatic rings. The van der Waals surface area contributed by atoms with Crippen molar-refractivity contribution in [2.75, 3.05) is 0 Å². The third kappa shape index (κ3) is 6.53. The van der Waals surface area contributed by atoms with E-state index in [4.69, 9.17) is 5.26 Å². The Labute approximate surface area is 127 Å². The lowest BCUT2D eigenvalue weighted by Crippen LogP contribution is -2.10. The molecule has 3 heteroatoms. The Morgan fingerprint density at radius 3 is 2.24 bits per heavy atom. The van der Waals surface area contributed by atoms with Gasteiger partial charge in [0.25, 0.3) is 0 Å². The molecule has 0 aliphatic rings. The lowest BCUT2D eigenvalue weighted by atomic mass is 9.93. The Balaban J connectivity index is 2.32. The molecule has 0 amide bonds. The number of carbonyl (C=O) groups excluding carboxylic acids is 1. The van der Waals surface area contributed by atoms with Crippen LogP contribution in [0.4, 0.5) is 4.39 Å². The number of Topliss-reactive ketones (excluding diaryl/α,β-unsaturated/α-hetero) is 1. The average molecular weight is 289 g/mol. The second kappa shape index (κ2) is 10.1. The molecule has 2 nitrogen and oxygen atoms in total. The van der Waals surface area contributed by atoms with Crippen molar-refractivity contribution in [1.82, 2.24) is 0 Å². The van der Waals surface area contributed by atoms with Crippen LogP contribution < -0.4 is 0 Å². The Bertz CT molecular complexity index is 461. The lowest BCUT2D eigenvalue weighted by Gasteiger charge is -2.08. The van der Waals surface area contributed by atoms with Crippen LogP contribution in [0.3, 0.4) is 0 Å². The second-order valence-electron chi connectivity index (χ2n) is 5.45. The largest absolute Gasteiger partial charge is 0.298 e. The Morgan fingerprint density at radius 2 is 1.67 bits per heavy atom. The molecule has 0 saturated heterocycles. The fourth-order valence-electron chi connectivity index (χ4n) is 2.39. The third-order valence-electron chi connectivity index (χ3n) is 3.68. The fraction of sp³-hybridized carbons (Fsp3) is 0.556. The van der Waals surface area contributed by atoms with E-state index >= 15 is 0 Å². The molecular weight excluding hydrogens is 265 g/mol. The maximum atomic E-state index is 12.9. The number of hydrogen-bond acceptors (Lipinski definition) is 2. The van der Waals surface area contributed by atoms with Gasteiger partial charge in [-0.2, -0.15) is 5.26 Å². The van der Waals surface area contributed by atoms with Gasteiger partial charge in [-0.25, -0.2) is 4.39 Å². The van der Waals surface area contributed by atoms with Crippen LogP contribution in [0.15, 0.2) is 24.3 Å². The third-order valence-corrected chi connectivity index (χ3v) is 3.68. The maximum Gasteiger partial charge on any atom is 0.154 e. The zero-order valence-corrected chi connectivity index (χ0v) is 12.8. The molecule has 0 aliphatic heterocycles. The van der Waals surface area contributed by atoms with E-state index in [1.165, 1.54) is 49.9 Å². The molecule has 0 heterocycles. The Hall–Kier alpha value is -1.69. The molecule has 0 spiro atoms. The van der Waals surface area contributed by atoms with E-state index in [0.717, 1.165) is 19.3 Å². The molecule has 0 fully saturated rings. The summed E-state index contributed by atoms with van der Waals surface area (Å²) in [5.74, 6) is -1.17. The van der Waals surface area contributed by atoms with E-state index in [2.05, 4.69) is 6.92 Å². The molecule has 114 valence electrons. The highest BCUT2D eigenvalue weighted by atomic mass is 19.1. The average Bonchev–Trinajstić information content (AvgIpc) is 2.49. The summed E-state index contributed by atoms with van der Waals surface area (Å²) in [6.07, 6.45) is 8.47. The number of rotatable bonds is 10. The molecule has 0 aliphatic carbocycles. The van der Waals surface area contributed by atoms with Crippen molar-refractivity contribution in [2.45, 2.75) is 64.2 Å². The van der Waals surface area contributed by atoms with Crippen molar-refractivity contribution < 1.29 is 9.18 Å². The van der Waals surface area contributed by atoms with Crippen LogP contribution in [0.5, 0.6) is 0 Å². The van der Waals surface area contributed by atoms with E-state index in [1.807, 2.05) is 6.07 Å². The summed E-state index contributed by atoms with van der Waals surface area (Å²) in [6.45, 7) is 2.19. The van der Waals surface area contributed by atoms with Gasteiger partial charge in [0.1, 0.15) is 11.7 Å². The summed E-state index contributed by atoms with van der Waals surface area (Å²) in [6, 6.07) is 7.66. The number of halogens is 1. The predicted octanol–water partition coefficient (Wildman–Crippen LogP) is 5.14. The van der Waals surface area contributed by atoms with Gasteiger partial charge in [0.15, 0.2) is 5.78 Å². The van der Waals surface area contributed by atoms with Crippen LogP contribution in [-0.2, 0) is 4.79 Å². The number of nitriles is 1. The van der Waals surface area contributed by atoms with Gasteiger partial charge in [-0.05, 0) is 24.1 Å². The molecular formula is C18H24FNO. The minimum atomic E-state index is -0.759. The normalized spacial score (nSPS) is 11.9. The summed E-state index contributed by atoms with van der Waals surface area (Å²) in [5.41, 5.74) is 0.590. The van der Waals surface area contributed by atoms with Crippen LogP contribution in [0, 0.1) is 17.1 Å². The van der Waals surface area contributed by atoms with E-state index in [0.29, 0.717) is 12.0 Å². The minimum Gasteiger partial charge on any atom is -0.298 e. The van der Waals surface area contributed by atoms with Gasteiger partial charge in [-0.3, -0.25) is 4.79 Å². The summed E-state index contributed by atoms with van der Waals surface area (Å²) in [5, 5.41) is 9.15. The maximum absolute atomic E-state index is 12.9. The monoisotopic (exact) mass is 289 g/mol. The zero-order chi connectivity index (χ0) is 15.5. The van der Waals surface area contributed by atoms with Gasteiger partial charge in [0.05, 0.1) is 6.07 Å². The molecule has 0 bridgehead atoms. The van der Waals surface area contributed by atoms with E-state index in [1.54, 1.807) is 0 Å². The Morgan fingerprint density at radius 1 is 1.10 bits per heavy atom. The van der Waals surface area contributed by atoms with Crippen molar-refractivity contribution in [3.63, 3.8) is 0 Å². The summed E-state index contributed by atoms with van der Waals surface area (Å²) in [4.78, 5) is 12.1. The van der Waals surface area contributed by atoms with Gasteiger partial charge in [0.2, 0.25) is 0 Å². The van der Waals surface area contributed by atoms with Gasteiger partial charge in [-0.15, -0.1) is 0 Å². The topological polar surface area (TPSA) is 40.9 Å². The van der Waals surface area contributed by atoms with E-state index in [9.17, 15) is 9.18 Å². The van der Waals surface area contributed by atoms with E-state index < -0.39 is 5.92 Å². The van der Waals surface area contributed by atoms with Crippen molar-refractivity contribution in [3.8, 4) is 6.07 Å². The highest BCUT2D eigenvalue weighted by Crippen LogP contribution is 2.20. The first kappa shape index (κ1) is 17.4. The second-order valence-corrected chi connectivity index (χ2v) is 5.45. The Kier molecular flexibility index (Phi) is 8.35.